The molecule has 6 nitrogen and oxygen atoms in total. The van der Waals surface area contributed by atoms with Crippen molar-refractivity contribution in [3.63, 3.8) is 0 Å². The predicted octanol–water partition coefficient (Wildman–Crippen LogP) is 4.06. The number of amides is 1. The van der Waals surface area contributed by atoms with Gasteiger partial charge in [-0.05, 0) is 30.3 Å². The van der Waals surface area contributed by atoms with Crippen LogP contribution in [-0.2, 0) is 11.8 Å². The molecule has 4 rings (SSSR count). The van der Waals surface area contributed by atoms with Crippen LogP contribution in [0.4, 0.5) is 5.69 Å². The summed E-state index contributed by atoms with van der Waals surface area (Å²) in [6.45, 7) is 0. The summed E-state index contributed by atoms with van der Waals surface area (Å²) >= 11 is 7.10. The second-order valence-electron chi connectivity index (χ2n) is 5.88. The Labute approximate surface area is 163 Å². The van der Waals surface area contributed by atoms with Crippen LogP contribution in [0.2, 0.25) is 5.02 Å². The minimum atomic E-state index is -0.283. The van der Waals surface area contributed by atoms with Crippen LogP contribution in [0, 0.1) is 0 Å². The van der Waals surface area contributed by atoms with E-state index in [1.54, 1.807) is 37.4 Å². The van der Waals surface area contributed by atoms with Crippen molar-refractivity contribution in [3.8, 4) is 0 Å². The van der Waals surface area contributed by atoms with Crippen LogP contribution in [0.5, 0.6) is 0 Å². The van der Waals surface area contributed by atoms with Crippen molar-refractivity contribution in [2.24, 2.45) is 7.05 Å². The SMILES string of the molecule is Cn1c(SCC(=O)Nc2cccc(Cl)c2)nc2c(oc3ccccc32)c1=O. The van der Waals surface area contributed by atoms with Crippen LogP contribution in [0.3, 0.4) is 0 Å². The molecule has 2 aromatic heterocycles. The number of thioether (sulfide) groups is 1. The number of rotatable bonds is 4. The van der Waals surface area contributed by atoms with E-state index in [1.807, 2.05) is 18.2 Å². The van der Waals surface area contributed by atoms with Crippen molar-refractivity contribution >= 4 is 57.0 Å². The summed E-state index contributed by atoms with van der Waals surface area (Å²) < 4.78 is 7.03. The predicted molar refractivity (Wildman–Crippen MR) is 108 cm³/mol. The van der Waals surface area contributed by atoms with E-state index in [0.717, 1.165) is 5.39 Å². The van der Waals surface area contributed by atoms with Crippen LogP contribution in [-0.4, -0.2) is 21.2 Å². The van der Waals surface area contributed by atoms with E-state index in [4.69, 9.17) is 16.0 Å². The number of para-hydroxylation sites is 1. The van der Waals surface area contributed by atoms with Crippen LogP contribution in [0.1, 0.15) is 0 Å². The number of anilines is 1. The Hall–Kier alpha value is -2.77. The summed E-state index contributed by atoms with van der Waals surface area (Å²) in [6.07, 6.45) is 0. The van der Waals surface area contributed by atoms with Crippen LogP contribution < -0.4 is 10.9 Å². The molecule has 0 aliphatic heterocycles. The number of carbonyl (C=O) groups excluding carboxylic acids is 1. The van der Waals surface area contributed by atoms with E-state index in [2.05, 4.69) is 10.3 Å². The number of aromatic nitrogens is 2. The average molecular weight is 400 g/mol. The van der Waals surface area contributed by atoms with Crippen molar-refractivity contribution in [2.45, 2.75) is 5.16 Å². The maximum Gasteiger partial charge on any atom is 0.297 e. The summed E-state index contributed by atoms with van der Waals surface area (Å²) in [7, 11) is 1.61. The quantitative estimate of drug-likeness (QED) is 0.413. The van der Waals surface area contributed by atoms with Crippen molar-refractivity contribution in [3.05, 3.63) is 63.9 Å². The Morgan fingerprint density at radius 3 is 2.89 bits per heavy atom. The molecule has 8 heteroatoms. The number of nitrogens with one attached hydrogen (secondary N) is 1. The number of halogens is 1. The first-order valence-electron chi connectivity index (χ1n) is 8.09. The Bertz CT molecular complexity index is 1230. The number of nitrogens with zero attached hydrogens (tertiary/aromatic N) is 2. The second-order valence-corrected chi connectivity index (χ2v) is 7.26. The first-order valence-corrected chi connectivity index (χ1v) is 9.46. The molecule has 1 N–H and O–H groups in total. The van der Waals surface area contributed by atoms with Crippen LogP contribution >= 0.6 is 23.4 Å². The molecule has 1 amide bonds. The number of hydrogen-bond donors (Lipinski definition) is 1. The summed E-state index contributed by atoms with van der Waals surface area (Å²) in [5.74, 6) is -0.109. The molecule has 2 heterocycles. The summed E-state index contributed by atoms with van der Waals surface area (Å²) in [5, 5.41) is 4.53. The van der Waals surface area contributed by atoms with Gasteiger partial charge >= 0.3 is 0 Å². The van der Waals surface area contributed by atoms with Gasteiger partial charge in [0.15, 0.2) is 5.16 Å². The van der Waals surface area contributed by atoms with Gasteiger partial charge in [-0.25, -0.2) is 4.98 Å². The van der Waals surface area contributed by atoms with Crippen molar-refractivity contribution in [1.29, 1.82) is 0 Å². The molecule has 0 saturated heterocycles. The molecule has 136 valence electrons. The highest BCUT2D eigenvalue weighted by Gasteiger charge is 2.16. The lowest BCUT2D eigenvalue weighted by molar-refractivity contribution is -0.113. The monoisotopic (exact) mass is 399 g/mol. The summed E-state index contributed by atoms with van der Waals surface area (Å²) in [4.78, 5) is 29.4. The van der Waals surface area contributed by atoms with E-state index in [1.165, 1.54) is 16.3 Å². The maximum absolute atomic E-state index is 12.6. The van der Waals surface area contributed by atoms with Crippen LogP contribution in [0.25, 0.3) is 22.1 Å². The Kier molecular flexibility index (Phi) is 4.63. The number of benzene rings is 2. The molecule has 0 saturated carbocycles. The van der Waals surface area contributed by atoms with Crippen molar-refractivity contribution in [2.75, 3.05) is 11.1 Å². The molecular weight excluding hydrogens is 386 g/mol. The van der Waals surface area contributed by atoms with E-state index in [-0.39, 0.29) is 22.8 Å². The lowest BCUT2D eigenvalue weighted by Gasteiger charge is -2.08. The standard InChI is InChI=1S/C19H14ClN3O3S/c1-23-18(25)17-16(13-7-2-3-8-14(13)26-17)22-19(23)27-10-15(24)21-12-6-4-5-11(20)9-12/h2-9H,10H2,1H3,(H,21,24). The fraction of sp³-hybridized carbons (Fsp3) is 0.105. The lowest BCUT2D eigenvalue weighted by atomic mass is 10.2. The first-order chi connectivity index (χ1) is 13.0. The van der Waals surface area contributed by atoms with Gasteiger partial charge in [-0.15, -0.1) is 0 Å². The molecule has 0 bridgehead atoms. The highest BCUT2D eigenvalue weighted by molar-refractivity contribution is 7.99. The Morgan fingerprint density at radius 2 is 2.07 bits per heavy atom. The van der Waals surface area contributed by atoms with Gasteiger partial charge in [-0.1, -0.05) is 41.6 Å². The third-order valence-electron chi connectivity index (χ3n) is 4.00. The number of furan rings is 1. The molecular formula is C19H14ClN3O3S. The average Bonchev–Trinajstić information content (AvgIpc) is 3.02. The largest absolute Gasteiger partial charge is 0.448 e. The fourth-order valence-electron chi connectivity index (χ4n) is 2.72. The number of hydrogen-bond acceptors (Lipinski definition) is 5. The molecule has 2 aromatic carbocycles. The van der Waals surface area contributed by atoms with E-state index in [0.29, 0.717) is 27.0 Å². The third-order valence-corrected chi connectivity index (χ3v) is 5.27. The number of carbonyl (C=O) groups is 1. The normalized spacial score (nSPS) is 11.2. The fourth-order valence-corrected chi connectivity index (χ4v) is 3.68. The highest BCUT2D eigenvalue weighted by Crippen LogP contribution is 2.27. The zero-order chi connectivity index (χ0) is 19.0. The topological polar surface area (TPSA) is 77.1 Å². The minimum Gasteiger partial charge on any atom is -0.448 e. The molecule has 0 unspecified atom stereocenters. The van der Waals surface area contributed by atoms with Gasteiger partial charge in [-0.2, -0.15) is 0 Å². The van der Waals surface area contributed by atoms with Crippen LogP contribution in [0.15, 0.2) is 62.9 Å². The molecule has 0 aliphatic carbocycles. The molecule has 0 spiro atoms. The summed E-state index contributed by atoms with van der Waals surface area (Å²) in [5.41, 5.74) is 1.66. The Balaban J connectivity index is 1.60. The zero-order valence-electron chi connectivity index (χ0n) is 14.2. The Morgan fingerprint density at radius 1 is 1.26 bits per heavy atom. The minimum absolute atomic E-state index is 0.105. The van der Waals surface area contributed by atoms with E-state index in [9.17, 15) is 9.59 Å². The maximum atomic E-state index is 12.6. The zero-order valence-corrected chi connectivity index (χ0v) is 15.8. The third kappa shape index (κ3) is 3.43. The lowest BCUT2D eigenvalue weighted by Crippen LogP contribution is -2.21. The summed E-state index contributed by atoms with van der Waals surface area (Å²) in [6, 6.07) is 14.3. The molecule has 27 heavy (non-hydrogen) atoms. The van der Waals surface area contributed by atoms with Gasteiger partial charge in [0, 0.05) is 23.1 Å². The molecule has 0 radical (unpaired) electrons. The molecule has 0 atom stereocenters. The molecule has 4 aromatic rings. The van der Waals surface area contributed by atoms with Gasteiger partial charge in [0.05, 0.1) is 5.75 Å². The van der Waals surface area contributed by atoms with Gasteiger partial charge in [0.1, 0.15) is 11.1 Å². The number of fused-ring (bicyclic) bond motifs is 3. The van der Waals surface area contributed by atoms with Crippen molar-refractivity contribution in [1.82, 2.24) is 9.55 Å². The van der Waals surface area contributed by atoms with Gasteiger partial charge in [0.2, 0.25) is 11.5 Å². The second kappa shape index (κ2) is 7.09. The van der Waals surface area contributed by atoms with Gasteiger partial charge < -0.3 is 9.73 Å². The van der Waals surface area contributed by atoms with Gasteiger partial charge in [0.25, 0.3) is 5.56 Å². The van der Waals surface area contributed by atoms with Gasteiger partial charge in [-0.3, -0.25) is 14.2 Å². The highest BCUT2D eigenvalue weighted by atomic mass is 35.5. The van der Waals surface area contributed by atoms with Crippen molar-refractivity contribution < 1.29 is 9.21 Å². The van der Waals surface area contributed by atoms with E-state index < -0.39 is 0 Å². The smallest absolute Gasteiger partial charge is 0.297 e. The first kappa shape index (κ1) is 17.6. The molecule has 0 aliphatic rings. The molecule has 0 fully saturated rings. The van der Waals surface area contributed by atoms with E-state index >= 15 is 0 Å².